The highest BCUT2D eigenvalue weighted by Gasteiger charge is 2.02. The van der Waals surface area contributed by atoms with Gasteiger partial charge < -0.3 is 10.1 Å². The van der Waals surface area contributed by atoms with Gasteiger partial charge in [0.2, 0.25) is 5.91 Å². The summed E-state index contributed by atoms with van der Waals surface area (Å²) in [5.41, 5.74) is 1.96. The average Bonchev–Trinajstić information content (AvgIpc) is 2.41. The molecule has 0 saturated heterocycles. The van der Waals surface area contributed by atoms with Crippen molar-refractivity contribution in [3.63, 3.8) is 0 Å². The molecule has 0 atom stereocenters. The van der Waals surface area contributed by atoms with Gasteiger partial charge in [-0.25, -0.2) is 0 Å². The summed E-state index contributed by atoms with van der Waals surface area (Å²) in [6.45, 7) is 3.55. The summed E-state index contributed by atoms with van der Waals surface area (Å²) >= 11 is 1.72. The zero-order valence-corrected chi connectivity index (χ0v) is 12.6. The fourth-order valence-electron chi connectivity index (χ4n) is 1.86. The quantitative estimate of drug-likeness (QED) is 0.843. The molecule has 1 N–H and O–H groups in total. The van der Waals surface area contributed by atoms with E-state index in [-0.39, 0.29) is 5.91 Å². The first-order valence-electron chi connectivity index (χ1n) is 6.28. The standard InChI is InChI=1S/C16H17NO2S/c1-11-10-15(8-9-16(11)20-3)19-14-6-4-13(5-7-14)17-12(2)18/h4-10H,1-3H3,(H,17,18). The molecule has 2 aromatic rings. The molecule has 0 spiro atoms. The zero-order valence-electron chi connectivity index (χ0n) is 11.8. The van der Waals surface area contributed by atoms with Crippen LogP contribution in [0.4, 0.5) is 5.69 Å². The van der Waals surface area contributed by atoms with Crippen LogP contribution in [-0.2, 0) is 4.79 Å². The molecule has 0 aliphatic carbocycles. The summed E-state index contributed by atoms with van der Waals surface area (Å²) in [5.74, 6) is 1.48. The lowest BCUT2D eigenvalue weighted by Gasteiger charge is -2.09. The highest BCUT2D eigenvalue weighted by Crippen LogP contribution is 2.28. The van der Waals surface area contributed by atoms with Crippen LogP contribution in [0, 0.1) is 6.92 Å². The maximum absolute atomic E-state index is 10.9. The third-order valence-electron chi connectivity index (χ3n) is 2.78. The Hall–Kier alpha value is -1.94. The monoisotopic (exact) mass is 287 g/mol. The van der Waals surface area contributed by atoms with Crippen LogP contribution in [0.2, 0.25) is 0 Å². The molecule has 0 unspecified atom stereocenters. The first kappa shape index (κ1) is 14.5. The molecule has 2 aromatic carbocycles. The second kappa shape index (κ2) is 6.48. The lowest BCUT2D eigenvalue weighted by molar-refractivity contribution is -0.114. The maximum Gasteiger partial charge on any atom is 0.221 e. The SMILES string of the molecule is CSc1ccc(Oc2ccc(NC(C)=O)cc2)cc1C. The molecule has 4 heteroatoms. The Labute approximate surface area is 123 Å². The first-order valence-corrected chi connectivity index (χ1v) is 7.51. The molecular weight excluding hydrogens is 270 g/mol. The van der Waals surface area contributed by atoms with Crippen molar-refractivity contribution in [3.8, 4) is 11.5 Å². The van der Waals surface area contributed by atoms with Crippen LogP contribution in [0.1, 0.15) is 12.5 Å². The Kier molecular flexibility index (Phi) is 4.69. The smallest absolute Gasteiger partial charge is 0.221 e. The number of thioether (sulfide) groups is 1. The number of benzene rings is 2. The van der Waals surface area contributed by atoms with Crippen LogP contribution in [0.25, 0.3) is 0 Å². The number of rotatable bonds is 4. The van der Waals surface area contributed by atoms with Gasteiger partial charge in [0, 0.05) is 17.5 Å². The van der Waals surface area contributed by atoms with E-state index >= 15 is 0 Å². The highest BCUT2D eigenvalue weighted by molar-refractivity contribution is 7.98. The lowest BCUT2D eigenvalue weighted by atomic mass is 10.2. The molecule has 20 heavy (non-hydrogen) atoms. The molecule has 0 radical (unpaired) electrons. The maximum atomic E-state index is 10.9. The minimum atomic E-state index is -0.0815. The largest absolute Gasteiger partial charge is 0.457 e. The van der Waals surface area contributed by atoms with Crippen molar-refractivity contribution in [2.75, 3.05) is 11.6 Å². The molecule has 3 nitrogen and oxygen atoms in total. The zero-order chi connectivity index (χ0) is 14.5. The number of carbonyl (C=O) groups excluding carboxylic acids is 1. The third-order valence-corrected chi connectivity index (χ3v) is 3.67. The summed E-state index contributed by atoms with van der Waals surface area (Å²) in [5, 5.41) is 2.72. The van der Waals surface area contributed by atoms with Crippen molar-refractivity contribution in [2.45, 2.75) is 18.7 Å². The average molecular weight is 287 g/mol. The molecule has 0 bridgehead atoms. The lowest BCUT2D eigenvalue weighted by Crippen LogP contribution is -2.05. The van der Waals surface area contributed by atoms with E-state index in [0.29, 0.717) is 0 Å². The van der Waals surface area contributed by atoms with Crippen LogP contribution in [0.15, 0.2) is 47.4 Å². The van der Waals surface area contributed by atoms with Crippen LogP contribution in [0.5, 0.6) is 11.5 Å². The summed E-state index contributed by atoms with van der Waals surface area (Å²) < 4.78 is 5.80. The molecule has 2 rings (SSSR count). The Balaban J connectivity index is 2.10. The number of aryl methyl sites for hydroxylation is 1. The molecule has 0 saturated carbocycles. The predicted octanol–water partition coefficient (Wildman–Crippen LogP) is 4.47. The van der Waals surface area contributed by atoms with Crippen molar-refractivity contribution in [2.24, 2.45) is 0 Å². The summed E-state index contributed by atoms with van der Waals surface area (Å²) in [4.78, 5) is 12.2. The Bertz CT molecular complexity index is 608. The van der Waals surface area contributed by atoms with Gasteiger partial charge in [0.05, 0.1) is 0 Å². The fourth-order valence-corrected chi connectivity index (χ4v) is 2.45. The molecule has 0 aliphatic rings. The molecule has 0 heterocycles. The number of ether oxygens (including phenoxy) is 1. The van der Waals surface area contributed by atoms with E-state index in [0.717, 1.165) is 17.2 Å². The van der Waals surface area contributed by atoms with Crippen LogP contribution in [-0.4, -0.2) is 12.2 Å². The van der Waals surface area contributed by atoms with E-state index < -0.39 is 0 Å². The molecule has 0 fully saturated rings. The van der Waals surface area contributed by atoms with E-state index in [2.05, 4.69) is 24.6 Å². The second-order valence-corrected chi connectivity index (χ2v) is 5.29. The molecule has 1 amide bonds. The predicted molar refractivity (Wildman–Crippen MR) is 83.8 cm³/mol. The fraction of sp³-hybridized carbons (Fsp3) is 0.188. The Morgan fingerprint density at radius 1 is 1.10 bits per heavy atom. The number of nitrogens with one attached hydrogen (secondary N) is 1. The second-order valence-electron chi connectivity index (χ2n) is 4.44. The molecule has 0 aliphatic heterocycles. The van der Waals surface area contributed by atoms with Gasteiger partial charge in [-0.1, -0.05) is 0 Å². The van der Waals surface area contributed by atoms with Gasteiger partial charge in [-0.3, -0.25) is 4.79 Å². The molecule has 0 aromatic heterocycles. The van der Waals surface area contributed by atoms with Gasteiger partial charge in [0.1, 0.15) is 11.5 Å². The number of hydrogen-bond acceptors (Lipinski definition) is 3. The van der Waals surface area contributed by atoms with Crippen LogP contribution >= 0.6 is 11.8 Å². The van der Waals surface area contributed by atoms with Crippen molar-refractivity contribution >= 4 is 23.4 Å². The number of anilines is 1. The van der Waals surface area contributed by atoms with Crippen molar-refractivity contribution < 1.29 is 9.53 Å². The number of hydrogen-bond donors (Lipinski definition) is 1. The Morgan fingerprint density at radius 3 is 2.30 bits per heavy atom. The van der Waals surface area contributed by atoms with E-state index in [9.17, 15) is 4.79 Å². The number of carbonyl (C=O) groups is 1. The van der Waals surface area contributed by atoms with Crippen LogP contribution < -0.4 is 10.1 Å². The van der Waals surface area contributed by atoms with E-state index in [1.165, 1.54) is 17.4 Å². The Morgan fingerprint density at radius 2 is 1.75 bits per heavy atom. The minimum Gasteiger partial charge on any atom is -0.457 e. The molecular formula is C16H17NO2S. The van der Waals surface area contributed by atoms with Gasteiger partial charge in [-0.2, -0.15) is 0 Å². The van der Waals surface area contributed by atoms with Crippen molar-refractivity contribution in [3.05, 3.63) is 48.0 Å². The van der Waals surface area contributed by atoms with E-state index in [1.54, 1.807) is 11.8 Å². The van der Waals surface area contributed by atoms with Crippen molar-refractivity contribution in [1.82, 2.24) is 0 Å². The number of amides is 1. The van der Waals surface area contributed by atoms with Crippen LogP contribution in [0.3, 0.4) is 0 Å². The van der Waals surface area contributed by atoms with Gasteiger partial charge >= 0.3 is 0 Å². The summed E-state index contributed by atoms with van der Waals surface area (Å²) in [7, 11) is 0. The van der Waals surface area contributed by atoms with Gasteiger partial charge in [0.15, 0.2) is 0 Å². The van der Waals surface area contributed by atoms with Gasteiger partial charge in [0.25, 0.3) is 0 Å². The minimum absolute atomic E-state index is 0.0815. The topological polar surface area (TPSA) is 38.3 Å². The van der Waals surface area contributed by atoms with Gasteiger partial charge in [-0.05, 0) is 61.2 Å². The highest BCUT2D eigenvalue weighted by atomic mass is 32.2. The first-order chi connectivity index (χ1) is 9.58. The van der Waals surface area contributed by atoms with E-state index in [4.69, 9.17) is 4.74 Å². The normalized spacial score (nSPS) is 10.2. The summed E-state index contributed by atoms with van der Waals surface area (Å²) in [6, 6.07) is 13.3. The van der Waals surface area contributed by atoms with E-state index in [1.807, 2.05) is 36.4 Å². The molecule has 104 valence electrons. The summed E-state index contributed by atoms with van der Waals surface area (Å²) in [6.07, 6.45) is 2.06. The van der Waals surface area contributed by atoms with Gasteiger partial charge in [-0.15, -0.1) is 11.8 Å². The third kappa shape index (κ3) is 3.78. The van der Waals surface area contributed by atoms with Crippen molar-refractivity contribution in [1.29, 1.82) is 0 Å².